The maximum absolute atomic E-state index is 10.0. The Kier molecular flexibility index (Phi) is 2.93. The van der Waals surface area contributed by atoms with E-state index in [1.807, 2.05) is 0 Å². The Labute approximate surface area is 79.1 Å². The first-order valence-electron chi connectivity index (χ1n) is 4.64. The van der Waals surface area contributed by atoms with Crippen LogP contribution in [0.3, 0.4) is 0 Å². The van der Waals surface area contributed by atoms with Crippen molar-refractivity contribution in [3.05, 3.63) is 0 Å². The van der Waals surface area contributed by atoms with E-state index >= 15 is 0 Å². The zero-order valence-corrected chi connectivity index (χ0v) is 8.58. The lowest BCUT2D eigenvalue weighted by atomic mass is 9.98. The van der Waals surface area contributed by atoms with Crippen molar-refractivity contribution in [2.75, 3.05) is 26.2 Å². The van der Waals surface area contributed by atoms with Crippen molar-refractivity contribution < 1.29 is 9.90 Å². The lowest BCUT2D eigenvalue weighted by Gasteiger charge is -2.52. The van der Waals surface area contributed by atoms with Gasteiger partial charge in [-0.05, 0) is 20.8 Å². The lowest BCUT2D eigenvalue weighted by Crippen LogP contribution is -2.68. The summed E-state index contributed by atoms with van der Waals surface area (Å²) in [5.41, 5.74) is -0.583. The van der Waals surface area contributed by atoms with Gasteiger partial charge in [0.2, 0.25) is 0 Å². The molecule has 0 aromatic rings. The molecule has 0 aliphatic carbocycles. The van der Waals surface area contributed by atoms with E-state index in [1.165, 1.54) is 26.2 Å². The first kappa shape index (κ1) is 10.5. The number of piperazine rings is 1. The lowest BCUT2D eigenvalue weighted by molar-refractivity contribution is -0.189. The fourth-order valence-electron chi connectivity index (χ4n) is 0.989. The van der Waals surface area contributed by atoms with Gasteiger partial charge >= 0.3 is 5.97 Å². The van der Waals surface area contributed by atoms with E-state index < -0.39 is 11.4 Å². The monoisotopic (exact) mass is 186 g/mol. The van der Waals surface area contributed by atoms with Crippen LogP contribution in [0.1, 0.15) is 20.8 Å². The summed E-state index contributed by atoms with van der Waals surface area (Å²) in [7, 11) is 0. The summed E-state index contributed by atoms with van der Waals surface area (Å²) >= 11 is 0. The molecule has 13 heavy (non-hydrogen) atoms. The molecule has 2 saturated heterocycles. The molecular formula is C9H18N2O2. The van der Waals surface area contributed by atoms with Gasteiger partial charge in [0.15, 0.2) is 0 Å². The molecule has 76 valence electrons. The van der Waals surface area contributed by atoms with Gasteiger partial charge in [-0.1, -0.05) is 0 Å². The van der Waals surface area contributed by atoms with E-state index in [1.54, 1.807) is 20.8 Å². The zero-order valence-electron chi connectivity index (χ0n) is 8.58. The number of rotatable bonds is 0. The minimum Gasteiger partial charge on any atom is -0.481 e. The number of aliphatic carboxylic acids is 1. The summed E-state index contributed by atoms with van der Waals surface area (Å²) in [4.78, 5) is 10.0. The number of hydrogen-bond donors (Lipinski definition) is 1. The first-order valence-corrected chi connectivity index (χ1v) is 4.64. The van der Waals surface area contributed by atoms with Crippen molar-refractivity contribution in [2.24, 2.45) is 5.41 Å². The largest absolute Gasteiger partial charge is 0.481 e. The van der Waals surface area contributed by atoms with Crippen molar-refractivity contribution >= 4 is 5.97 Å². The minimum absolute atomic E-state index is 0.583. The van der Waals surface area contributed by atoms with Crippen LogP contribution in [-0.4, -0.2) is 47.3 Å². The van der Waals surface area contributed by atoms with Gasteiger partial charge < -0.3 is 5.11 Å². The van der Waals surface area contributed by atoms with E-state index in [2.05, 4.69) is 10.0 Å². The molecule has 2 aliphatic rings. The van der Waals surface area contributed by atoms with E-state index in [9.17, 15) is 4.79 Å². The van der Waals surface area contributed by atoms with Crippen LogP contribution in [0.4, 0.5) is 0 Å². The molecule has 1 N–H and O–H groups in total. The Balaban J connectivity index is 0.000000130. The molecule has 2 fully saturated rings. The summed E-state index contributed by atoms with van der Waals surface area (Å²) in [6.07, 6.45) is 0. The summed E-state index contributed by atoms with van der Waals surface area (Å²) in [5, 5.41) is 13.0. The van der Waals surface area contributed by atoms with Crippen LogP contribution < -0.4 is 0 Å². The Hall–Kier alpha value is -0.610. The van der Waals surface area contributed by atoms with Crippen LogP contribution in [-0.2, 0) is 4.79 Å². The molecule has 2 heterocycles. The Bertz CT molecular complexity index is 180. The maximum Gasteiger partial charge on any atom is 0.308 e. The fraction of sp³-hybridized carbons (Fsp3) is 0.889. The van der Waals surface area contributed by atoms with E-state index in [0.29, 0.717) is 0 Å². The molecule has 4 heteroatoms. The van der Waals surface area contributed by atoms with Crippen LogP contribution in [0.2, 0.25) is 0 Å². The highest BCUT2D eigenvalue weighted by atomic mass is 16.4. The summed E-state index contributed by atoms with van der Waals surface area (Å²) < 4.78 is 0. The second kappa shape index (κ2) is 3.64. The van der Waals surface area contributed by atoms with Gasteiger partial charge in [0, 0.05) is 26.2 Å². The van der Waals surface area contributed by atoms with Gasteiger partial charge in [-0.15, -0.1) is 0 Å². The normalized spacial score (nSPS) is 21.8. The number of hydrogen-bond acceptors (Lipinski definition) is 3. The van der Waals surface area contributed by atoms with Gasteiger partial charge in [0.05, 0.1) is 5.41 Å². The van der Waals surface area contributed by atoms with Crippen molar-refractivity contribution in [3.63, 3.8) is 0 Å². The van der Waals surface area contributed by atoms with Gasteiger partial charge in [-0.3, -0.25) is 4.79 Å². The number of carboxylic acids is 1. The quantitative estimate of drug-likeness (QED) is 0.603. The SMILES string of the molecule is C1CN2CCN12.CC(C)(C)C(=O)O. The van der Waals surface area contributed by atoms with Gasteiger partial charge in [0.25, 0.3) is 0 Å². The van der Waals surface area contributed by atoms with Crippen LogP contribution in [0, 0.1) is 5.41 Å². The predicted octanol–water partition coefficient (Wildman–Crippen LogP) is 0.650. The molecule has 0 bridgehead atoms. The van der Waals surface area contributed by atoms with Gasteiger partial charge in [0.1, 0.15) is 0 Å². The van der Waals surface area contributed by atoms with E-state index in [-0.39, 0.29) is 0 Å². The molecule has 0 aromatic heterocycles. The molecule has 0 spiro atoms. The molecule has 0 aromatic carbocycles. The standard InChI is InChI=1S/C5H10O2.C4H8N2/c1-5(2,3)4(6)7;1-2-6-4-3-5(1)6/h1-3H3,(H,6,7);1-4H2. The number of fused-ring (bicyclic) bond motifs is 1. The second-order valence-electron chi connectivity index (χ2n) is 4.46. The van der Waals surface area contributed by atoms with Crippen LogP contribution in [0.25, 0.3) is 0 Å². The fourth-order valence-corrected chi connectivity index (χ4v) is 0.989. The topological polar surface area (TPSA) is 43.8 Å². The molecule has 4 nitrogen and oxygen atoms in total. The Morgan fingerprint density at radius 3 is 1.31 bits per heavy atom. The predicted molar refractivity (Wildman–Crippen MR) is 50.2 cm³/mol. The highest BCUT2D eigenvalue weighted by Gasteiger charge is 2.32. The molecule has 2 aliphatic heterocycles. The third-order valence-electron chi connectivity index (χ3n) is 2.27. The van der Waals surface area contributed by atoms with Crippen LogP contribution in [0.5, 0.6) is 0 Å². The molecule has 0 unspecified atom stereocenters. The number of carboxylic acid groups (broad SMARTS) is 1. The van der Waals surface area contributed by atoms with Crippen LogP contribution in [0.15, 0.2) is 0 Å². The van der Waals surface area contributed by atoms with Crippen LogP contribution >= 0.6 is 0 Å². The average Bonchev–Trinajstić information content (AvgIpc) is 1.96. The molecule has 0 atom stereocenters. The number of hydrazine groups is 1. The van der Waals surface area contributed by atoms with E-state index in [4.69, 9.17) is 5.11 Å². The first-order chi connectivity index (χ1) is 5.91. The third-order valence-corrected chi connectivity index (χ3v) is 2.27. The van der Waals surface area contributed by atoms with E-state index in [0.717, 1.165) is 0 Å². The third kappa shape index (κ3) is 2.67. The number of carbonyl (C=O) groups is 1. The summed E-state index contributed by atoms with van der Waals surface area (Å²) in [5.74, 6) is -0.757. The highest BCUT2D eigenvalue weighted by Crippen LogP contribution is 2.16. The smallest absolute Gasteiger partial charge is 0.308 e. The summed E-state index contributed by atoms with van der Waals surface area (Å²) in [6.45, 7) is 10.3. The molecule has 0 radical (unpaired) electrons. The van der Waals surface area contributed by atoms with Crippen molar-refractivity contribution in [1.82, 2.24) is 10.0 Å². The summed E-state index contributed by atoms with van der Waals surface area (Å²) in [6, 6.07) is 0. The average molecular weight is 186 g/mol. The minimum atomic E-state index is -0.757. The highest BCUT2D eigenvalue weighted by molar-refractivity contribution is 5.72. The van der Waals surface area contributed by atoms with Crippen molar-refractivity contribution in [1.29, 1.82) is 0 Å². The van der Waals surface area contributed by atoms with Gasteiger partial charge in [-0.2, -0.15) is 0 Å². The molecule has 0 saturated carbocycles. The number of nitrogens with zero attached hydrogens (tertiary/aromatic N) is 2. The maximum atomic E-state index is 10.0. The van der Waals surface area contributed by atoms with Crippen molar-refractivity contribution in [2.45, 2.75) is 20.8 Å². The molecule has 0 amide bonds. The second-order valence-corrected chi connectivity index (χ2v) is 4.46. The Morgan fingerprint density at radius 2 is 1.31 bits per heavy atom. The zero-order chi connectivity index (χ0) is 10.1. The van der Waals surface area contributed by atoms with Gasteiger partial charge in [-0.25, -0.2) is 10.0 Å². The molecule has 2 rings (SSSR count). The molecular weight excluding hydrogens is 168 g/mol. The Morgan fingerprint density at radius 1 is 1.08 bits per heavy atom. The van der Waals surface area contributed by atoms with Crippen molar-refractivity contribution in [3.8, 4) is 0 Å².